The van der Waals surface area contributed by atoms with Gasteiger partial charge in [0, 0.05) is 11.9 Å². The van der Waals surface area contributed by atoms with E-state index in [4.69, 9.17) is 5.73 Å². The van der Waals surface area contributed by atoms with E-state index in [0.717, 1.165) is 25.7 Å². The summed E-state index contributed by atoms with van der Waals surface area (Å²) in [6.07, 6.45) is 13.2. The SMILES string of the molecule is C#C.CC.C[C@]1(C#N)CCCC[C@@H]1n1cc(C(N)=O)c(Nc2ccc(F)cc2)n1. The van der Waals surface area contributed by atoms with Crippen molar-refractivity contribution in [3.63, 3.8) is 0 Å². The molecule has 0 radical (unpaired) electrons. The zero-order valence-electron chi connectivity index (χ0n) is 17.2. The fraction of sp³-hybridized carbons (Fsp3) is 0.409. The minimum atomic E-state index is -0.606. The van der Waals surface area contributed by atoms with Crippen molar-refractivity contribution < 1.29 is 9.18 Å². The summed E-state index contributed by atoms with van der Waals surface area (Å²) in [6, 6.07) is 8.03. The Morgan fingerprint density at radius 3 is 2.52 bits per heavy atom. The van der Waals surface area contributed by atoms with E-state index in [2.05, 4.69) is 29.3 Å². The number of primary amides is 1. The van der Waals surface area contributed by atoms with Crippen molar-refractivity contribution in [2.24, 2.45) is 11.1 Å². The summed E-state index contributed by atoms with van der Waals surface area (Å²) in [5.41, 5.74) is 5.79. The van der Waals surface area contributed by atoms with E-state index < -0.39 is 11.3 Å². The second kappa shape index (κ2) is 10.9. The molecular weight excluding hydrogens is 369 g/mol. The lowest BCUT2D eigenvalue weighted by atomic mass is 9.73. The molecule has 3 rings (SSSR count). The highest BCUT2D eigenvalue weighted by molar-refractivity contribution is 5.98. The van der Waals surface area contributed by atoms with Gasteiger partial charge in [0.1, 0.15) is 11.4 Å². The molecule has 3 N–H and O–H groups in total. The van der Waals surface area contributed by atoms with Crippen molar-refractivity contribution in [1.82, 2.24) is 9.78 Å². The maximum Gasteiger partial charge on any atom is 0.254 e. The molecule has 2 aromatic rings. The summed E-state index contributed by atoms with van der Waals surface area (Å²) in [5, 5.41) is 17.1. The molecule has 1 saturated carbocycles. The van der Waals surface area contributed by atoms with Crippen molar-refractivity contribution in [2.75, 3.05) is 5.32 Å². The van der Waals surface area contributed by atoms with Crippen LogP contribution in [0, 0.1) is 35.4 Å². The minimum Gasteiger partial charge on any atom is -0.365 e. The number of nitrogens with two attached hydrogens (primary N) is 1. The Morgan fingerprint density at radius 1 is 1.34 bits per heavy atom. The Balaban J connectivity index is 0.000000989. The molecule has 1 amide bonds. The first kappa shape index (κ1) is 23.7. The van der Waals surface area contributed by atoms with Crippen molar-refractivity contribution >= 4 is 17.4 Å². The summed E-state index contributed by atoms with van der Waals surface area (Å²) < 4.78 is 14.7. The third kappa shape index (κ3) is 5.58. The van der Waals surface area contributed by atoms with Crippen LogP contribution in [-0.4, -0.2) is 15.7 Å². The predicted molar refractivity (Wildman–Crippen MR) is 113 cm³/mol. The van der Waals surface area contributed by atoms with Crippen LogP contribution in [0.2, 0.25) is 0 Å². The Hall–Kier alpha value is -3.32. The number of nitriles is 1. The predicted octanol–water partition coefficient (Wildman–Crippen LogP) is 4.79. The van der Waals surface area contributed by atoms with E-state index in [9.17, 15) is 14.4 Å². The first-order valence-electron chi connectivity index (χ1n) is 9.59. The number of aromatic nitrogens is 2. The molecule has 1 aliphatic rings. The zero-order valence-corrected chi connectivity index (χ0v) is 17.2. The number of halogens is 1. The fourth-order valence-corrected chi connectivity index (χ4v) is 3.36. The van der Waals surface area contributed by atoms with Crippen LogP contribution in [0.3, 0.4) is 0 Å². The smallest absolute Gasteiger partial charge is 0.254 e. The van der Waals surface area contributed by atoms with E-state index >= 15 is 0 Å². The largest absolute Gasteiger partial charge is 0.365 e. The normalized spacial score (nSPS) is 20.1. The molecule has 0 bridgehead atoms. The van der Waals surface area contributed by atoms with Gasteiger partial charge in [0.2, 0.25) is 0 Å². The van der Waals surface area contributed by atoms with Crippen LogP contribution >= 0.6 is 0 Å². The molecule has 29 heavy (non-hydrogen) atoms. The molecule has 154 valence electrons. The second-order valence-corrected chi connectivity index (χ2v) is 6.66. The van der Waals surface area contributed by atoms with E-state index in [1.54, 1.807) is 23.0 Å². The van der Waals surface area contributed by atoms with Gasteiger partial charge in [-0.15, -0.1) is 12.8 Å². The average Bonchev–Trinajstić information content (AvgIpc) is 3.17. The number of benzene rings is 1. The maximum atomic E-state index is 13.1. The molecule has 1 heterocycles. The summed E-state index contributed by atoms with van der Waals surface area (Å²) >= 11 is 0. The maximum absolute atomic E-state index is 13.1. The van der Waals surface area contributed by atoms with Crippen LogP contribution in [0.25, 0.3) is 0 Å². The number of rotatable bonds is 4. The lowest BCUT2D eigenvalue weighted by molar-refractivity contribution is 0.100. The Kier molecular flexibility index (Phi) is 8.89. The number of carbonyl (C=O) groups excluding carboxylic acids is 1. The van der Waals surface area contributed by atoms with Gasteiger partial charge < -0.3 is 11.1 Å². The van der Waals surface area contributed by atoms with Gasteiger partial charge in [-0.25, -0.2) is 4.39 Å². The van der Waals surface area contributed by atoms with Gasteiger partial charge >= 0.3 is 0 Å². The van der Waals surface area contributed by atoms with Crippen molar-refractivity contribution in [3.8, 4) is 18.9 Å². The van der Waals surface area contributed by atoms with Gasteiger partial charge in [-0.1, -0.05) is 26.7 Å². The first-order chi connectivity index (χ1) is 13.9. The highest BCUT2D eigenvalue weighted by Gasteiger charge is 2.39. The standard InChI is InChI=1S/C18H20FN5O.C2H6.C2H2/c1-18(11-20)9-3-2-4-15(18)24-10-14(16(21)25)17(23-24)22-13-7-5-12(19)6-8-13;2*1-2/h5-8,10,15H,2-4,9H2,1H3,(H2,21,25)(H,22,23);1-2H3;1-2H/t15-,18+;;/m0../s1. The minimum absolute atomic E-state index is 0.117. The summed E-state index contributed by atoms with van der Waals surface area (Å²) in [5.74, 6) is -0.645. The van der Waals surface area contributed by atoms with Crippen molar-refractivity contribution in [3.05, 3.63) is 41.8 Å². The molecule has 0 saturated heterocycles. The number of carbonyl (C=O) groups is 1. The van der Waals surface area contributed by atoms with Gasteiger partial charge in [-0.3, -0.25) is 9.48 Å². The van der Waals surface area contributed by atoms with Crippen molar-refractivity contribution in [1.29, 1.82) is 5.26 Å². The number of hydrogen-bond acceptors (Lipinski definition) is 4. The highest BCUT2D eigenvalue weighted by atomic mass is 19.1. The highest BCUT2D eigenvalue weighted by Crippen LogP contribution is 2.43. The second-order valence-electron chi connectivity index (χ2n) is 6.66. The molecule has 1 fully saturated rings. The average molecular weight is 397 g/mol. The number of nitrogens with zero attached hydrogens (tertiary/aromatic N) is 3. The van der Waals surface area contributed by atoms with Crippen LogP contribution in [0.15, 0.2) is 30.5 Å². The van der Waals surface area contributed by atoms with Gasteiger partial charge in [0.15, 0.2) is 5.82 Å². The zero-order chi connectivity index (χ0) is 22.0. The topological polar surface area (TPSA) is 96.7 Å². The molecule has 0 unspecified atom stereocenters. The summed E-state index contributed by atoms with van der Waals surface area (Å²) in [6.45, 7) is 5.93. The van der Waals surface area contributed by atoms with E-state index in [1.165, 1.54) is 12.1 Å². The van der Waals surface area contributed by atoms with Crippen LogP contribution in [0.4, 0.5) is 15.9 Å². The summed E-state index contributed by atoms with van der Waals surface area (Å²) in [4.78, 5) is 11.8. The van der Waals surface area contributed by atoms with Crippen LogP contribution in [0.5, 0.6) is 0 Å². The van der Waals surface area contributed by atoms with Crippen LogP contribution < -0.4 is 11.1 Å². The van der Waals surface area contributed by atoms with Crippen molar-refractivity contribution in [2.45, 2.75) is 52.5 Å². The van der Waals surface area contributed by atoms with Crippen LogP contribution in [0.1, 0.15) is 62.9 Å². The molecular formula is C22H28FN5O. The molecule has 2 atom stereocenters. The molecule has 0 aliphatic heterocycles. The third-order valence-corrected chi connectivity index (χ3v) is 4.84. The Labute approximate surface area is 171 Å². The fourth-order valence-electron chi connectivity index (χ4n) is 3.36. The molecule has 7 heteroatoms. The van der Waals surface area contributed by atoms with E-state index in [-0.39, 0.29) is 17.4 Å². The van der Waals surface area contributed by atoms with Gasteiger partial charge in [-0.2, -0.15) is 10.4 Å². The number of terminal acetylenes is 1. The van der Waals surface area contributed by atoms with E-state index in [1.807, 2.05) is 20.8 Å². The van der Waals surface area contributed by atoms with E-state index in [0.29, 0.717) is 11.5 Å². The molecule has 1 aliphatic carbocycles. The number of amides is 1. The lowest BCUT2D eigenvalue weighted by Gasteiger charge is -2.35. The molecule has 1 aromatic carbocycles. The van der Waals surface area contributed by atoms with Crippen LogP contribution in [-0.2, 0) is 0 Å². The Morgan fingerprint density at radius 2 is 1.97 bits per heavy atom. The van der Waals surface area contributed by atoms with Gasteiger partial charge in [0.05, 0.1) is 17.5 Å². The van der Waals surface area contributed by atoms with Gasteiger partial charge in [-0.05, 0) is 44.0 Å². The third-order valence-electron chi connectivity index (χ3n) is 4.84. The molecule has 1 aromatic heterocycles. The number of nitrogens with one attached hydrogen (secondary N) is 1. The molecule has 0 spiro atoms. The monoisotopic (exact) mass is 397 g/mol. The summed E-state index contributed by atoms with van der Waals surface area (Å²) in [7, 11) is 0. The quantitative estimate of drug-likeness (QED) is 0.725. The lowest BCUT2D eigenvalue weighted by Crippen LogP contribution is -2.32. The number of hydrogen-bond donors (Lipinski definition) is 2. The Bertz CT molecular complexity index is 866. The van der Waals surface area contributed by atoms with Gasteiger partial charge in [0.25, 0.3) is 5.91 Å². The first-order valence-corrected chi connectivity index (χ1v) is 9.59. The molecule has 6 nitrogen and oxygen atoms in total. The number of anilines is 2.